The number of H-pyrrole nitrogens is 1. The van der Waals surface area contributed by atoms with Crippen molar-refractivity contribution in [3.8, 4) is 0 Å². The van der Waals surface area contributed by atoms with Crippen molar-refractivity contribution >= 4 is 17.4 Å². The molecule has 0 aliphatic carbocycles. The van der Waals surface area contributed by atoms with E-state index >= 15 is 0 Å². The zero-order valence-electron chi connectivity index (χ0n) is 13.1. The number of piperidine rings is 1. The molecule has 1 aliphatic heterocycles. The number of likely N-dealkylation sites (N-methyl/N-ethyl adjacent to an activating group) is 1. The van der Waals surface area contributed by atoms with Gasteiger partial charge in [0.15, 0.2) is 6.10 Å². The summed E-state index contributed by atoms with van der Waals surface area (Å²) in [6.45, 7) is 1.73. The molecule has 1 N–H and O–H groups in total. The van der Waals surface area contributed by atoms with Gasteiger partial charge < -0.3 is 38.2 Å². The normalized spacial score (nSPS) is 21.8. The Morgan fingerprint density at radius 2 is 2.09 bits per heavy atom. The lowest BCUT2D eigenvalue weighted by Crippen LogP contribution is -3.00. The van der Waals surface area contributed by atoms with Crippen molar-refractivity contribution in [1.29, 1.82) is 0 Å². The van der Waals surface area contributed by atoms with Crippen LogP contribution in [-0.2, 0) is 9.53 Å². The lowest BCUT2D eigenvalue weighted by molar-refractivity contribution is -0.924. The number of rotatable bonds is 4. The van der Waals surface area contributed by atoms with E-state index in [2.05, 4.69) is 31.2 Å². The molecule has 2 heterocycles. The number of halogens is 1. The van der Waals surface area contributed by atoms with Crippen LogP contribution in [-0.4, -0.2) is 42.6 Å². The highest BCUT2D eigenvalue weighted by Gasteiger charge is 2.40. The van der Waals surface area contributed by atoms with Crippen LogP contribution in [0.1, 0.15) is 30.9 Å². The summed E-state index contributed by atoms with van der Waals surface area (Å²) < 4.78 is 6.45. The van der Waals surface area contributed by atoms with E-state index in [1.807, 2.05) is 18.3 Å². The molecule has 0 spiro atoms. The Balaban J connectivity index is 0.00000176. The Morgan fingerprint density at radius 1 is 1.32 bits per heavy atom. The minimum absolute atomic E-state index is 0. The third-order valence-corrected chi connectivity index (χ3v) is 4.86. The molecule has 1 aliphatic rings. The SMILES string of the molecule is C[N+]1(C)CCCCC1C(OC=O)c1c[nH]c2ccccc12.[I-]. The molecule has 0 bridgehead atoms. The number of carbonyl (C=O) groups is 1. The molecule has 0 saturated carbocycles. The van der Waals surface area contributed by atoms with Crippen molar-refractivity contribution < 1.29 is 38.0 Å². The van der Waals surface area contributed by atoms with Crippen LogP contribution in [0.4, 0.5) is 0 Å². The first-order chi connectivity index (χ1) is 10.1. The largest absolute Gasteiger partial charge is 1.00 e. The summed E-state index contributed by atoms with van der Waals surface area (Å²) in [7, 11) is 4.47. The molecular formula is C17H23IN2O2. The summed E-state index contributed by atoms with van der Waals surface area (Å²) in [6.07, 6.45) is 5.34. The lowest BCUT2D eigenvalue weighted by Gasteiger charge is -2.44. The number of aromatic nitrogens is 1. The summed E-state index contributed by atoms with van der Waals surface area (Å²) in [4.78, 5) is 14.4. The zero-order chi connectivity index (χ0) is 14.9. The number of aromatic amines is 1. The number of quaternary nitrogens is 1. The van der Waals surface area contributed by atoms with Crippen LogP contribution in [0.2, 0.25) is 0 Å². The molecule has 0 amide bonds. The highest BCUT2D eigenvalue weighted by molar-refractivity contribution is 5.83. The average Bonchev–Trinajstić information content (AvgIpc) is 2.89. The van der Waals surface area contributed by atoms with Crippen molar-refractivity contribution in [3.63, 3.8) is 0 Å². The third-order valence-electron chi connectivity index (χ3n) is 4.86. The van der Waals surface area contributed by atoms with Crippen molar-refractivity contribution in [3.05, 3.63) is 36.0 Å². The average molecular weight is 414 g/mol. The van der Waals surface area contributed by atoms with Crippen molar-refractivity contribution in [1.82, 2.24) is 4.98 Å². The van der Waals surface area contributed by atoms with Crippen LogP contribution in [0, 0.1) is 0 Å². The number of para-hydroxylation sites is 1. The first-order valence-electron chi connectivity index (χ1n) is 7.61. The Bertz CT molecular complexity index is 638. The topological polar surface area (TPSA) is 42.1 Å². The molecule has 2 unspecified atom stereocenters. The number of likely N-dealkylation sites (tertiary alicyclic amines) is 1. The van der Waals surface area contributed by atoms with Crippen LogP contribution in [0.3, 0.4) is 0 Å². The Hall–Kier alpha value is -1.08. The maximum Gasteiger partial charge on any atom is 0.293 e. The molecule has 4 nitrogen and oxygen atoms in total. The molecule has 1 aromatic heterocycles. The van der Waals surface area contributed by atoms with E-state index in [4.69, 9.17) is 4.74 Å². The third kappa shape index (κ3) is 3.15. The molecule has 1 fully saturated rings. The first-order valence-corrected chi connectivity index (χ1v) is 7.61. The number of hydrogen-bond donors (Lipinski definition) is 1. The quantitative estimate of drug-likeness (QED) is 0.436. The van der Waals surface area contributed by atoms with Gasteiger partial charge in [-0.25, -0.2) is 0 Å². The second kappa shape index (κ2) is 7.00. The number of nitrogens with one attached hydrogen (secondary N) is 1. The molecule has 2 atom stereocenters. The summed E-state index contributed by atoms with van der Waals surface area (Å²) in [5, 5.41) is 1.15. The van der Waals surface area contributed by atoms with Gasteiger partial charge in [0.25, 0.3) is 6.47 Å². The van der Waals surface area contributed by atoms with Gasteiger partial charge in [-0.15, -0.1) is 0 Å². The molecule has 1 saturated heterocycles. The second-order valence-electron chi connectivity index (χ2n) is 6.51. The van der Waals surface area contributed by atoms with Crippen LogP contribution >= 0.6 is 0 Å². The van der Waals surface area contributed by atoms with Crippen molar-refractivity contribution in [2.45, 2.75) is 31.4 Å². The van der Waals surface area contributed by atoms with Crippen LogP contribution in [0.15, 0.2) is 30.5 Å². The standard InChI is InChI=1S/C17H23N2O2.HI/c1-19(2)10-6-5-9-16(19)17(21-12-20)14-11-18-15-8-4-3-7-13(14)15;/h3-4,7-8,11-12,16-18H,5-6,9-10H2,1-2H3;1H/q+1;/p-1. The minimum atomic E-state index is -0.186. The van der Waals surface area contributed by atoms with Gasteiger partial charge in [-0.3, -0.25) is 4.79 Å². The number of nitrogens with zero attached hydrogens (tertiary/aromatic N) is 1. The number of carbonyl (C=O) groups excluding carboxylic acids is 1. The number of hydrogen-bond acceptors (Lipinski definition) is 2. The van der Waals surface area contributed by atoms with Gasteiger partial charge >= 0.3 is 0 Å². The highest BCUT2D eigenvalue weighted by atomic mass is 127. The Labute approximate surface area is 148 Å². The fraction of sp³-hybridized carbons (Fsp3) is 0.471. The maximum atomic E-state index is 11.1. The van der Waals surface area contributed by atoms with Gasteiger partial charge in [0.05, 0.1) is 20.6 Å². The monoisotopic (exact) mass is 414 g/mol. The van der Waals surface area contributed by atoms with Crippen LogP contribution in [0.25, 0.3) is 10.9 Å². The van der Waals surface area contributed by atoms with Gasteiger partial charge in [0, 0.05) is 29.1 Å². The maximum absolute atomic E-state index is 11.1. The summed E-state index contributed by atoms with van der Waals surface area (Å²) in [5.41, 5.74) is 2.18. The molecule has 3 rings (SSSR count). The van der Waals surface area contributed by atoms with Crippen LogP contribution < -0.4 is 24.0 Å². The minimum Gasteiger partial charge on any atom is -1.00 e. The summed E-state index contributed by atoms with van der Waals surface area (Å²) in [5.74, 6) is 0. The molecule has 2 aromatic rings. The van der Waals surface area contributed by atoms with E-state index < -0.39 is 0 Å². The predicted octanol–water partition coefficient (Wildman–Crippen LogP) is 0.0149. The van der Waals surface area contributed by atoms with Gasteiger partial charge in [0.1, 0.15) is 6.04 Å². The zero-order valence-corrected chi connectivity index (χ0v) is 15.2. The van der Waals surface area contributed by atoms with Crippen LogP contribution in [0.5, 0.6) is 0 Å². The molecule has 22 heavy (non-hydrogen) atoms. The number of fused-ring (bicyclic) bond motifs is 1. The Morgan fingerprint density at radius 3 is 2.82 bits per heavy atom. The second-order valence-corrected chi connectivity index (χ2v) is 6.51. The van der Waals surface area contributed by atoms with E-state index in [0.29, 0.717) is 12.5 Å². The van der Waals surface area contributed by atoms with E-state index in [-0.39, 0.29) is 30.1 Å². The first kappa shape index (κ1) is 17.3. The Kier molecular flexibility index (Phi) is 5.50. The van der Waals surface area contributed by atoms with Gasteiger partial charge in [-0.2, -0.15) is 0 Å². The molecule has 5 heteroatoms. The van der Waals surface area contributed by atoms with Gasteiger partial charge in [-0.05, 0) is 18.9 Å². The summed E-state index contributed by atoms with van der Waals surface area (Å²) in [6, 6.07) is 8.49. The van der Waals surface area contributed by atoms with E-state index in [0.717, 1.165) is 33.9 Å². The summed E-state index contributed by atoms with van der Waals surface area (Å²) >= 11 is 0. The molecule has 1 aromatic carbocycles. The number of benzene rings is 1. The predicted molar refractivity (Wildman–Crippen MR) is 82.8 cm³/mol. The molecule has 120 valence electrons. The van der Waals surface area contributed by atoms with Gasteiger partial charge in [0.2, 0.25) is 0 Å². The van der Waals surface area contributed by atoms with E-state index in [9.17, 15) is 4.79 Å². The lowest BCUT2D eigenvalue weighted by atomic mass is 9.91. The fourth-order valence-corrected chi connectivity index (χ4v) is 3.67. The van der Waals surface area contributed by atoms with E-state index in [1.165, 1.54) is 12.8 Å². The fourth-order valence-electron chi connectivity index (χ4n) is 3.67. The van der Waals surface area contributed by atoms with Crippen molar-refractivity contribution in [2.24, 2.45) is 0 Å². The molecule has 0 radical (unpaired) electrons. The number of ether oxygens (including phenoxy) is 1. The van der Waals surface area contributed by atoms with Gasteiger partial charge in [-0.1, -0.05) is 18.2 Å². The highest BCUT2D eigenvalue weighted by Crippen LogP contribution is 2.36. The molecular weight excluding hydrogens is 391 g/mol. The smallest absolute Gasteiger partial charge is 0.293 e. The van der Waals surface area contributed by atoms with E-state index in [1.54, 1.807) is 0 Å². The van der Waals surface area contributed by atoms with Crippen molar-refractivity contribution in [2.75, 3.05) is 20.6 Å².